The minimum Gasteiger partial charge on any atom is -0.354 e. The van der Waals surface area contributed by atoms with Crippen molar-refractivity contribution in [3.63, 3.8) is 0 Å². The molecule has 1 aromatic carbocycles. The number of anilines is 2. The average Bonchev–Trinajstić information content (AvgIpc) is 2.76. The zero-order valence-corrected chi connectivity index (χ0v) is 17.8. The summed E-state index contributed by atoms with van der Waals surface area (Å²) in [6.45, 7) is 6.27. The predicted octanol–water partition coefficient (Wildman–Crippen LogP) is 2.43. The Balaban J connectivity index is 1.38. The van der Waals surface area contributed by atoms with Crippen LogP contribution in [0.2, 0.25) is 0 Å². The summed E-state index contributed by atoms with van der Waals surface area (Å²) in [6, 6.07) is 9.62. The van der Waals surface area contributed by atoms with E-state index in [4.69, 9.17) is 4.98 Å². The number of piperazine rings is 1. The van der Waals surface area contributed by atoms with Gasteiger partial charge in [-0.1, -0.05) is 29.8 Å². The quantitative estimate of drug-likeness (QED) is 0.747. The van der Waals surface area contributed by atoms with Gasteiger partial charge in [-0.25, -0.2) is 13.4 Å². The molecule has 0 N–H and O–H groups in total. The lowest BCUT2D eigenvalue weighted by atomic mass is 10.1. The van der Waals surface area contributed by atoms with Crippen LogP contribution in [0, 0.1) is 6.92 Å². The van der Waals surface area contributed by atoms with E-state index in [1.807, 2.05) is 43.5 Å². The van der Waals surface area contributed by atoms with Gasteiger partial charge in [0, 0.05) is 45.5 Å². The molecule has 0 spiro atoms. The van der Waals surface area contributed by atoms with Gasteiger partial charge in [-0.05, 0) is 37.8 Å². The summed E-state index contributed by atoms with van der Waals surface area (Å²) in [5.74, 6) is 1.73. The van der Waals surface area contributed by atoms with Crippen molar-refractivity contribution in [1.82, 2.24) is 14.3 Å². The smallest absolute Gasteiger partial charge is 0.227 e. The Morgan fingerprint density at radius 2 is 1.55 bits per heavy atom. The predicted molar refractivity (Wildman–Crippen MR) is 116 cm³/mol. The van der Waals surface area contributed by atoms with Gasteiger partial charge in [0.25, 0.3) is 0 Å². The van der Waals surface area contributed by atoms with E-state index in [1.54, 1.807) is 4.31 Å². The van der Waals surface area contributed by atoms with Gasteiger partial charge in [-0.3, -0.25) is 0 Å². The van der Waals surface area contributed by atoms with Gasteiger partial charge >= 0.3 is 0 Å². The molecular weight excluding hydrogens is 386 g/mol. The van der Waals surface area contributed by atoms with Crippen LogP contribution in [0.5, 0.6) is 0 Å². The van der Waals surface area contributed by atoms with Gasteiger partial charge in [-0.15, -0.1) is 0 Å². The Bertz CT molecular complexity index is 918. The lowest BCUT2D eigenvalue weighted by Gasteiger charge is -2.35. The summed E-state index contributed by atoms with van der Waals surface area (Å²) in [5, 5.41) is 0. The normalized spacial score (nSPS) is 18.8. The maximum atomic E-state index is 12.8. The van der Waals surface area contributed by atoms with Crippen LogP contribution in [0.25, 0.3) is 0 Å². The van der Waals surface area contributed by atoms with E-state index in [2.05, 4.69) is 14.8 Å². The fourth-order valence-electron chi connectivity index (χ4n) is 3.94. The second kappa shape index (κ2) is 8.67. The monoisotopic (exact) mass is 415 g/mol. The molecule has 3 heterocycles. The third-order valence-electron chi connectivity index (χ3n) is 5.69. The molecule has 4 rings (SSSR count). The van der Waals surface area contributed by atoms with Crippen molar-refractivity contribution in [2.45, 2.75) is 31.9 Å². The highest BCUT2D eigenvalue weighted by molar-refractivity contribution is 7.88. The summed E-state index contributed by atoms with van der Waals surface area (Å²) in [4.78, 5) is 13.6. The van der Waals surface area contributed by atoms with Gasteiger partial charge in [0.2, 0.25) is 16.0 Å². The summed E-state index contributed by atoms with van der Waals surface area (Å²) < 4.78 is 27.2. The Morgan fingerprint density at radius 1 is 0.862 bits per heavy atom. The van der Waals surface area contributed by atoms with Crippen LogP contribution in [0.1, 0.15) is 30.4 Å². The maximum Gasteiger partial charge on any atom is 0.227 e. The lowest BCUT2D eigenvalue weighted by molar-refractivity contribution is 0.383. The van der Waals surface area contributed by atoms with Crippen LogP contribution in [-0.4, -0.2) is 62.0 Å². The minimum absolute atomic E-state index is 0.0555. The largest absolute Gasteiger partial charge is 0.354 e. The fraction of sp³-hybridized carbons (Fsp3) is 0.524. The van der Waals surface area contributed by atoms with Crippen LogP contribution < -0.4 is 9.80 Å². The molecule has 2 fully saturated rings. The number of hydrogen-bond acceptors (Lipinski definition) is 6. The van der Waals surface area contributed by atoms with Gasteiger partial charge < -0.3 is 9.80 Å². The van der Waals surface area contributed by atoms with Crippen molar-refractivity contribution in [3.8, 4) is 0 Å². The van der Waals surface area contributed by atoms with E-state index >= 15 is 0 Å². The van der Waals surface area contributed by atoms with Crippen molar-refractivity contribution in [2.75, 3.05) is 49.1 Å². The average molecular weight is 416 g/mol. The number of rotatable bonds is 5. The second-order valence-corrected chi connectivity index (χ2v) is 9.86. The molecule has 0 saturated carbocycles. The molecule has 0 bridgehead atoms. The molecule has 156 valence electrons. The maximum absolute atomic E-state index is 12.8. The number of aryl methyl sites for hydroxylation is 1. The molecule has 0 atom stereocenters. The Labute approximate surface area is 173 Å². The summed E-state index contributed by atoms with van der Waals surface area (Å²) in [6.07, 6.45) is 5.46. The van der Waals surface area contributed by atoms with E-state index in [9.17, 15) is 8.42 Å². The minimum atomic E-state index is -3.31. The van der Waals surface area contributed by atoms with E-state index in [0.717, 1.165) is 36.0 Å². The highest BCUT2D eigenvalue weighted by Crippen LogP contribution is 2.21. The molecule has 0 unspecified atom stereocenters. The van der Waals surface area contributed by atoms with Gasteiger partial charge in [0.05, 0.1) is 5.75 Å². The topological polar surface area (TPSA) is 69.6 Å². The first-order valence-electron chi connectivity index (χ1n) is 10.4. The molecule has 8 heteroatoms. The Morgan fingerprint density at radius 3 is 2.24 bits per heavy atom. The van der Waals surface area contributed by atoms with Crippen LogP contribution >= 0.6 is 0 Å². The molecule has 0 aliphatic carbocycles. The van der Waals surface area contributed by atoms with Crippen molar-refractivity contribution in [3.05, 3.63) is 47.7 Å². The van der Waals surface area contributed by atoms with Gasteiger partial charge in [-0.2, -0.15) is 9.29 Å². The molecule has 2 saturated heterocycles. The molecule has 2 aromatic rings. The molecule has 7 nitrogen and oxygen atoms in total. The molecule has 2 aliphatic rings. The third-order valence-corrected chi connectivity index (χ3v) is 7.54. The van der Waals surface area contributed by atoms with Crippen LogP contribution in [0.15, 0.2) is 36.5 Å². The van der Waals surface area contributed by atoms with Crippen LogP contribution in [-0.2, 0) is 15.8 Å². The first-order chi connectivity index (χ1) is 14.0. The molecular formula is C21H29N5O2S. The first-order valence-corrected chi connectivity index (χ1v) is 12.0. The summed E-state index contributed by atoms with van der Waals surface area (Å²) in [7, 11) is -3.31. The number of benzene rings is 1. The molecule has 0 amide bonds. The summed E-state index contributed by atoms with van der Waals surface area (Å²) >= 11 is 0. The first kappa shape index (κ1) is 20.1. The second-order valence-electron chi connectivity index (χ2n) is 7.89. The van der Waals surface area contributed by atoms with Crippen LogP contribution in [0.3, 0.4) is 0 Å². The van der Waals surface area contributed by atoms with Crippen molar-refractivity contribution in [1.29, 1.82) is 0 Å². The number of aromatic nitrogens is 2. The number of nitrogens with zero attached hydrogens (tertiary/aromatic N) is 5. The summed E-state index contributed by atoms with van der Waals surface area (Å²) in [5.41, 5.74) is 1.97. The van der Waals surface area contributed by atoms with Gasteiger partial charge in [0.15, 0.2) is 0 Å². The zero-order chi connectivity index (χ0) is 20.3. The fourth-order valence-corrected chi connectivity index (χ4v) is 5.46. The molecule has 29 heavy (non-hydrogen) atoms. The van der Waals surface area contributed by atoms with Crippen molar-refractivity contribution >= 4 is 21.8 Å². The van der Waals surface area contributed by atoms with E-state index < -0.39 is 10.0 Å². The number of hydrogen-bond donors (Lipinski definition) is 0. The highest BCUT2D eigenvalue weighted by Gasteiger charge is 2.28. The molecule has 2 aliphatic heterocycles. The number of piperidine rings is 1. The standard InChI is InChI=1S/C21H29N5O2S/c1-18-5-7-19(8-6-18)17-29(27,28)26-15-13-24(14-16-26)20-9-10-22-21(23-20)25-11-3-2-4-12-25/h5-10H,2-4,11-17H2,1H3. The number of sulfonamides is 1. The van der Waals surface area contributed by atoms with Crippen LogP contribution in [0.4, 0.5) is 11.8 Å². The Kier molecular flexibility index (Phi) is 6.01. The molecule has 0 radical (unpaired) electrons. The lowest BCUT2D eigenvalue weighted by Crippen LogP contribution is -2.49. The molecule has 1 aromatic heterocycles. The van der Waals surface area contributed by atoms with E-state index in [-0.39, 0.29) is 5.75 Å². The van der Waals surface area contributed by atoms with E-state index in [0.29, 0.717) is 26.2 Å². The van der Waals surface area contributed by atoms with Crippen molar-refractivity contribution < 1.29 is 8.42 Å². The van der Waals surface area contributed by atoms with E-state index in [1.165, 1.54) is 19.3 Å². The Hall–Kier alpha value is -2.19. The van der Waals surface area contributed by atoms with Crippen molar-refractivity contribution in [2.24, 2.45) is 0 Å². The third kappa shape index (κ3) is 4.87. The SMILES string of the molecule is Cc1ccc(CS(=O)(=O)N2CCN(c3ccnc(N4CCCCC4)n3)CC2)cc1. The zero-order valence-electron chi connectivity index (χ0n) is 17.0. The van der Waals surface area contributed by atoms with Gasteiger partial charge in [0.1, 0.15) is 5.82 Å². The highest BCUT2D eigenvalue weighted by atomic mass is 32.2.